The third-order valence-electron chi connectivity index (χ3n) is 6.04. The van der Waals surface area contributed by atoms with Crippen LogP contribution in [0.1, 0.15) is 32.6 Å². The average molecular weight is 565 g/mol. The summed E-state index contributed by atoms with van der Waals surface area (Å²) >= 11 is 3.35. The Morgan fingerprint density at radius 2 is 1.58 bits per heavy atom. The fourth-order valence-electron chi connectivity index (χ4n) is 4.21. The lowest BCUT2D eigenvalue weighted by Crippen LogP contribution is -2.32. The van der Waals surface area contributed by atoms with E-state index in [-0.39, 0.29) is 10.7 Å². The minimum atomic E-state index is -4.01. The molecule has 5 aromatic rings. The van der Waals surface area contributed by atoms with Gasteiger partial charge in [0.25, 0.3) is 6.33 Å². The van der Waals surface area contributed by atoms with E-state index in [0.29, 0.717) is 16.9 Å². The Labute approximate surface area is 219 Å². The first-order valence-electron chi connectivity index (χ1n) is 12.0. The van der Waals surface area contributed by atoms with Gasteiger partial charge in [-0.15, -0.1) is 0 Å². The number of halogens is 1. The number of aromatic nitrogens is 4. The molecule has 0 aliphatic heterocycles. The van der Waals surface area contributed by atoms with Crippen LogP contribution in [-0.4, -0.2) is 23.0 Å². The van der Waals surface area contributed by atoms with E-state index in [1.807, 2.05) is 47.3 Å². The molecule has 7 nitrogen and oxygen atoms in total. The number of nitrogens with zero attached hydrogens (tertiary/aromatic N) is 5. The fourth-order valence-corrected chi connectivity index (χ4v) is 5.41. The van der Waals surface area contributed by atoms with E-state index in [1.54, 1.807) is 18.2 Å². The molecule has 0 aliphatic rings. The third-order valence-corrected chi connectivity index (χ3v) is 7.85. The van der Waals surface area contributed by atoms with Gasteiger partial charge in [-0.25, -0.2) is 18.0 Å². The second-order valence-electron chi connectivity index (χ2n) is 8.61. The highest BCUT2D eigenvalue weighted by Crippen LogP contribution is 2.33. The topological polar surface area (TPSA) is 82.8 Å². The van der Waals surface area contributed by atoms with Crippen molar-refractivity contribution in [1.82, 2.24) is 14.5 Å². The minimum Gasteiger partial charge on any atom is -0.429 e. The summed E-state index contributed by atoms with van der Waals surface area (Å²) in [4.78, 5) is 9.56. The Balaban J connectivity index is 1.64. The molecule has 0 saturated heterocycles. The molecule has 0 fully saturated rings. The number of rotatable bonds is 9. The molecule has 0 aliphatic carbocycles. The van der Waals surface area contributed by atoms with E-state index in [9.17, 15) is 8.42 Å². The molecule has 2 aromatic heterocycles. The van der Waals surface area contributed by atoms with Crippen LogP contribution in [0, 0.1) is 0 Å². The van der Waals surface area contributed by atoms with Crippen LogP contribution >= 0.6 is 15.9 Å². The van der Waals surface area contributed by atoms with Crippen LogP contribution in [0.25, 0.3) is 32.6 Å². The summed E-state index contributed by atoms with van der Waals surface area (Å²) in [6.45, 7) is 3.06. The zero-order valence-corrected chi connectivity index (χ0v) is 22.3. The van der Waals surface area contributed by atoms with Gasteiger partial charge in [0.15, 0.2) is 11.0 Å². The van der Waals surface area contributed by atoms with E-state index in [0.717, 1.165) is 34.9 Å². The van der Waals surface area contributed by atoms with Crippen molar-refractivity contribution in [2.45, 2.75) is 44.0 Å². The van der Waals surface area contributed by atoms with E-state index >= 15 is 0 Å². The highest BCUT2D eigenvalue weighted by Gasteiger charge is 2.21. The molecule has 9 heteroatoms. The van der Waals surface area contributed by atoms with E-state index in [4.69, 9.17) is 4.98 Å². The van der Waals surface area contributed by atoms with Gasteiger partial charge in [0.05, 0.1) is 17.0 Å². The molecule has 5 rings (SSSR count). The van der Waals surface area contributed by atoms with Crippen molar-refractivity contribution in [2.24, 2.45) is 0 Å². The molecule has 0 bridgehead atoms. The van der Waals surface area contributed by atoms with Crippen LogP contribution in [-0.2, 0) is 16.6 Å². The number of unbranched alkanes of at least 4 members (excludes halogenated alkanes) is 3. The lowest BCUT2D eigenvalue weighted by Gasteiger charge is -2.18. The lowest BCUT2D eigenvalue weighted by molar-refractivity contribution is -0.672. The third kappa shape index (κ3) is 4.99. The predicted molar refractivity (Wildman–Crippen MR) is 145 cm³/mol. The van der Waals surface area contributed by atoms with Crippen LogP contribution in [0.15, 0.2) is 88.5 Å². The van der Waals surface area contributed by atoms with Crippen LogP contribution in [0.3, 0.4) is 0 Å². The number of imidazole rings is 1. The van der Waals surface area contributed by atoms with Crippen LogP contribution in [0.4, 0.5) is 5.82 Å². The van der Waals surface area contributed by atoms with E-state index in [2.05, 4.69) is 43.2 Å². The number of hydrogen-bond acceptors (Lipinski definition) is 4. The largest absolute Gasteiger partial charge is 0.429 e. The second-order valence-corrected chi connectivity index (χ2v) is 11.1. The van der Waals surface area contributed by atoms with Crippen molar-refractivity contribution in [3.05, 3.63) is 88.3 Å². The number of fused-ring (bicyclic) bond motifs is 2. The van der Waals surface area contributed by atoms with E-state index in [1.165, 1.54) is 25.0 Å². The van der Waals surface area contributed by atoms with Crippen LogP contribution in [0.5, 0.6) is 0 Å². The van der Waals surface area contributed by atoms with Crippen molar-refractivity contribution >= 4 is 53.8 Å². The number of para-hydroxylation sites is 4. The van der Waals surface area contributed by atoms with Gasteiger partial charge in [0.2, 0.25) is 15.8 Å². The molecule has 0 saturated carbocycles. The van der Waals surface area contributed by atoms with Gasteiger partial charge in [-0.2, -0.15) is 4.57 Å². The average Bonchev–Trinajstić information content (AvgIpc) is 3.25. The maximum absolute atomic E-state index is 13.2. The molecule has 0 amide bonds. The second kappa shape index (κ2) is 10.4. The summed E-state index contributed by atoms with van der Waals surface area (Å²) < 4.78 is 35.5. The van der Waals surface area contributed by atoms with Gasteiger partial charge in [-0.1, -0.05) is 66.0 Å². The maximum atomic E-state index is 13.2. The molecular weight excluding hydrogens is 538 g/mol. The summed E-state index contributed by atoms with van der Waals surface area (Å²) in [5.74, 6) is 0.424. The molecule has 0 atom stereocenters. The normalized spacial score (nSPS) is 11.8. The number of sulfonamides is 1. The molecule has 3 aromatic carbocycles. The zero-order chi connectivity index (χ0) is 25.1. The van der Waals surface area contributed by atoms with Crippen molar-refractivity contribution < 1.29 is 13.0 Å². The van der Waals surface area contributed by atoms with E-state index < -0.39 is 10.0 Å². The zero-order valence-electron chi connectivity index (χ0n) is 19.9. The molecule has 184 valence electrons. The smallest absolute Gasteiger partial charge is 0.251 e. The first kappa shape index (κ1) is 24.4. The Morgan fingerprint density at radius 3 is 2.33 bits per heavy atom. The van der Waals surface area contributed by atoms with Gasteiger partial charge in [0, 0.05) is 10.3 Å². The first-order chi connectivity index (χ1) is 17.5. The van der Waals surface area contributed by atoms with Crippen molar-refractivity contribution in [3.8, 4) is 5.82 Å². The summed E-state index contributed by atoms with van der Waals surface area (Å²) in [6, 6.07) is 21.8. The molecular formula is C27H26BrN5O2S. The van der Waals surface area contributed by atoms with Gasteiger partial charge in [-0.05, 0) is 60.8 Å². The van der Waals surface area contributed by atoms with Crippen molar-refractivity contribution in [2.75, 3.05) is 0 Å². The summed E-state index contributed by atoms with van der Waals surface area (Å²) in [5, 5.41) is 0. The lowest BCUT2D eigenvalue weighted by atomic mass is 10.2. The van der Waals surface area contributed by atoms with Crippen LogP contribution in [0.2, 0.25) is 0 Å². The molecule has 0 unspecified atom stereocenters. The fraction of sp³-hybridized carbons (Fsp3) is 0.222. The number of benzene rings is 3. The SMILES string of the molecule is CCCCCC[n+]1cn(-c2nc3ccccc3nc2[N-]S(=O)(=O)c2ccc(Br)cc2)c2ccccc21. The minimum absolute atomic E-state index is 0.0514. The summed E-state index contributed by atoms with van der Waals surface area (Å²) in [5.41, 5.74) is 3.20. The molecule has 0 spiro atoms. The van der Waals surface area contributed by atoms with Gasteiger partial charge >= 0.3 is 0 Å². The molecule has 0 N–H and O–H groups in total. The monoisotopic (exact) mass is 563 g/mol. The number of aryl methyl sites for hydroxylation is 1. The summed E-state index contributed by atoms with van der Waals surface area (Å²) in [6.07, 6.45) is 6.57. The molecule has 2 heterocycles. The van der Waals surface area contributed by atoms with Gasteiger partial charge in [-0.3, -0.25) is 0 Å². The highest BCUT2D eigenvalue weighted by molar-refractivity contribution is 9.10. The predicted octanol–water partition coefficient (Wildman–Crippen LogP) is 6.60. The Hall–Kier alpha value is -3.30. The Kier molecular flexibility index (Phi) is 7.02. The molecule has 0 radical (unpaired) electrons. The quantitative estimate of drug-likeness (QED) is 0.149. The van der Waals surface area contributed by atoms with Crippen LogP contribution < -0.4 is 4.57 Å². The van der Waals surface area contributed by atoms with Gasteiger partial charge in [0.1, 0.15) is 0 Å². The first-order valence-corrected chi connectivity index (χ1v) is 14.2. The summed E-state index contributed by atoms with van der Waals surface area (Å²) in [7, 11) is -4.01. The van der Waals surface area contributed by atoms with Crippen molar-refractivity contribution in [1.29, 1.82) is 0 Å². The Bertz CT molecular complexity index is 1630. The Morgan fingerprint density at radius 1 is 0.889 bits per heavy atom. The van der Waals surface area contributed by atoms with Gasteiger partial charge < -0.3 is 9.71 Å². The highest BCUT2D eigenvalue weighted by atomic mass is 79.9. The number of hydrogen-bond donors (Lipinski definition) is 0. The standard InChI is InChI=1S/C27H26BrN5O2S/c1-2-3-4-9-18-32-19-33(25-13-8-7-12-24(25)32)27-26(29-22-10-5-6-11-23(22)30-27)31-36(34,35)21-16-14-20(28)15-17-21/h5-8,10-17,19H,2-4,9,18H2,1H3. The maximum Gasteiger partial charge on any atom is 0.251 e. The van der Waals surface area contributed by atoms with Crippen molar-refractivity contribution in [3.63, 3.8) is 0 Å². The molecule has 36 heavy (non-hydrogen) atoms.